The topological polar surface area (TPSA) is 55.8 Å². The van der Waals surface area contributed by atoms with Crippen LogP contribution in [0.1, 0.15) is 16.7 Å². The van der Waals surface area contributed by atoms with Crippen molar-refractivity contribution in [1.29, 1.82) is 0 Å². The maximum Gasteiger partial charge on any atom is 0.293 e. The first-order valence-corrected chi connectivity index (χ1v) is 11.1. The molecular formula is C25H20ClNO4S. The number of ether oxygens (including phenoxy) is 2. The molecule has 162 valence electrons. The Morgan fingerprint density at radius 2 is 1.72 bits per heavy atom. The van der Waals surface area contributed by atoms with Crippen molar-refractivity contribution in [3.63, 3.8) is 0 Å². The lowest BCUT2D eigenvalue weighted by Gasteiger charge is -2.13. The third kappa shape index (κ3) is 4.98. The molecule has 2 amide bonds. The summed E-state index contributed by atoms with van der Waals surface area (Å²) in [6.45, 7) is 0.550. The molecule has 4 rings (SSSR count). The lowest BCUT2D eigenvalue weighted by molar-refractivity contribution is -0.123. The summed E-state index contributed by atoms with van der Waals surface area (Å²) < 4.78 is 11.3. The molecule has 3 aromatic rings. The highest BCUT2D eigenvalue weighted by Crippen LogP contribution is 2.35. The Balaban J connectivity index is 1.49. The SMILES string of the molecule is COc1cc(/C=C2\SC(=O)N(Cc3ccccc3)C2=O)ccc1OCc1ccccc1Cl. The van der Waals surface area contributed by atoms with Crippen LogP contribution in [-0.2, 0) is 17.9 Å². The molecule has 3 aromatic carbocycles. The third-order valence-electron chi connectivity index (χ3n) is 4.88. The zero-order chi connectivity index (χ0) is 22.5. The van der Waals surface area contributed by atoms with Crippen LogP contribution in [0.2, 0.25) is 5.02 Å². The maximum absolute atomic E-state index is 12.8. The number of carbonyl (C=O) groups excluding carboxylic acids is 2. The van der Waals surface area contributed by atoms with Crippen LogP contribution >= 0.6 is 23.4 Å². The number of amides is 2. The first kappa shape index (κ1) is 22.0. The fourth-order valence-corrected chi connectivity index (χ4v) is 4.25. The van der Waals surface area contributed by atoms with Crippen LogP contribution in [0.4, 0.5) is 4.79 Å². The fraction of sp³-hybridized carbons (Fsp3) is 0.120. The van der Waals surface area contributed by atoms with Gasteiger partial charge in [0, 0.05) is 10.6 Å². The Bertz CT molecular complexity index is 1180. The summed E-state index contributed by atoms with van der Waals surface area (Å²) >= 11 is 7.12. The summed E-state index contributed by atoms with van der Waals surface area (Å²) in [7, 11) is 1.55. The molecule has 0 radical (unpaired) electrons. The Morgan fingerprint density at radius 3 is 2.47 bits per heavy atom. The minimum absolute atomic E-state index is 0.251. The number of hydrogen-bond donors (Lipinski definition) is 0. The number of methoxy groups -OCH3 is 1. The molecule has 1 heterocycles. The highest BCUT2D eigenvalue weighted by atomic mass is 35.5. The minimum Gasteiger partial charge on any atom is -0.493 e. The van der Waals surface area contributed by atoms with Crippen molar-refractivity contribution in [2.75, 3.05) is 7.11 Å². The van der Waals surface area contributed by atoms with Gasteiger partial charge in [0.25, 0.3) is 11.1 Å². The lowest BCUT2D eigenvalue weighted by atomic mass is 10.1. The highest BCUT2D eigenvalue weighted by Gasteiger charge is 2.35. The van der Waals surface area contributed by atoms with E-state index in [9.17, 15) is 9.59 Å². The molecule has 1 aliphatic rings. The molecule has 7 heteroatoms. The molecule has 1 fully saturated rings. The molecule has 0 unspecified atom stereocenters. The first-order chi connectivity index (χ1) is 15.5. The summed E-state index contributed by atoms with van der Waals surface area (Å²) in [5.41, 5.74) is 2.50. The molecule has 0 N–H and O–H groups in total. The molecule has 0 atom stereocenters. The van der Waals surface area contributed by atoms with Gasteiger partial charge in [0.2, 0.25) is 0 Å². The van der Waals surface area contributed by atoms with Crippen LogP contribution in [0.3, 0.4) is 0 Å². The van der Waals surface area contributed by atoms with Gasteiger partial charge >= 0.3 is 0 Å². The van der Waals surface area contributed by atoms with E-state index in [1.807, 2.05) is 60.7 Å². The quantitative estimate of drug-likeness (QED) is 0.391. The van der Waals surface area contributed by atoms with E-state index in [0.29, 0.717) is 28.0 Å². The van der Waals surface area contributed by atoms with E-state index in [1.54, 1.807) is 25.3 Å². The van der Waals surface area contributed by atoms with Gasteiger partial charge in [-0.25, -0.2) is 0 Å². The van der Waals surface area contributed by atoms with Crippen molar-refractivity contribution in [1.82, 2.24) is 4.90 Å². The Labute approximate surface area is 195 Å². The summed E-state index contributed by atoms with van der Waals surface area (Å²) in [5.74, 6) is 0.776. The van der Waals surface area contributed by atoms with Crippen molar-refractivity contribution >= 4 is 40.6 Å². The van der Waals surface area contributed by atoms with E-state index in [2.05, 4.69) is 0 Å². The van der Waals surface area contributed by atoms with Crippen molar-refractivity contribution in [2.24, 2.45) is 0 Å². The van der Waals surface area contributed by atoms with Crippen LogP contribution in [0.25, 0.3) is 6.08 Å². The zero-order valence-electron chi connectivity index (χ0n) is 17.3. The van der Waals surface area contributed by atoms with Gasteiger partial charge < -0.3 is 9.47 Å². The smallest absolute Gasteiger partial charge is 0.293 e. The Morgan fingerprint density at radius 1 is 0.969 bits per heavy atom. The second-order valence-electron chi connectivity index (χ2n) is 7.04. The van der Waals surface area contributed by atoms with Gasteiger partial charge in [-0.3, -0.25) is 14.5 Å². The molecule has 0 saturated carbocycles. The number of halogens is 1. The number of imide groups is 1. The van der Waals surface area contributed by atoms with E-state index in [4.69, 9.17) is 21.1 Å². The highest BCUT2D eigenvalue weighted by molar-refractivity contribution is 8.18. The summed E-state index contributed by atoms with van der Waals surface area (Å²) in [6, 6.07) is 22.3. The summed E-state index contributed by atoms with van der Waals surface area (Å²) in [6.07, 6.45) is 1.69. The predicted molar refractivity (Wildman–Crippen MR) is 127 cm³/mol. The van der Waals surface area contributed by atoms with Crippen LogP contribution in [0, 0.1) is 0 Å². The second-order valence-corrected chi connectivity index (χ2v) is 8.44. The Kier molecular flexibility index (Phi) is 6.83. The van der Waals surface area contributed by atoms with Crippen molar-refractivity contribution in [2.45, 2.75) is 13.2 Å². The number of carbonyl (C=O) groups is 2. The molecule has 1 aliphatic heterocycles. The largest absolute Gasteiger partial charge is 0.493 e. The monoisotopic (exact) mass is 465 g/mol. The number of thioether (sulfide) groups is 1. The van der Waals surface area contributed by atoms with Crippen molar-refractivity contribution in [3.05, 3.63) is 99.4 Å². The van der Waals surface area contributed by atoms with Crippen LogP contribution in [0.5, 0.6) is 11.5 Å². The van der Waals surface area contributed by atoms with Gasteiger partial charge in [-0.2, -0.15) is 0 Å². The average molecular weight is 466 g/mol. The fourth-order valence-electron chi connectivity index (χ4n) is 3.22. The third-order valence-corrected chi connectivity index (χ3v) is 6.16. The van der Waals surface area contributed by atoms with Gasteiger partial charge in [-0.05, 0) is 47.2 Å². The maximum atomic E-state index is 12.8. The summed E-state index contributed by atoms with van der Waals surface area (Å²) in [5, 5.41) is 0.353. The number of nitrogens with zero attached hydrogens (tertiary/aromatic N) is 1. The normalized spacial score (nSPS) is 14.8. The molecule has 0 bridgehead atoms. The van der Waals surface area contributed by atoms with E-state index < -0.39 is 0 Å². The number of rotatable bonds is 7. The van der Waals surface area contributed by atoms with Crippen LogP contribution in [-0.4, -0.2) is 23.2 Å². The first-order valence-electron chi connectivity index (χ1n) is 9.88. The Hall–Kier alpha value is -3.22. The molecule has 0 spiro atoms. The molecular weight excluding hydrogens is 446 g/mol. The van der Waals surface area contributed by atoms with Gasteiger partial charge in [-0.1, -0.05) is 66.2 Å². The predicted octanol–water partition coefficient (Wildman–Crippen LogP) is 6.16. The summed E-state index contributed by atoms with van der Waals surface area (Å²) in [4.78, 5) is 26.8. The molecule has 0 aromatic heterocycles. The van der Waals surface area contributed by atoms with E-state index in [0.717, 1.165) is 28.5 Å². The zero-order valence-corrected chi connectivity index (χ0v) is 18.9. The van der Waals surface area contributed by atoms with E-state index in [1.165, 1.54) is 4.90 Å². The molecule has 5 nitrogen and oxygen atoms in total. The molecule has 0 aliphatic carbocycles. The van der Waals surface area contributed by atoms with E-state index >= 15 is 0 Å². The van der Waals surface area contributed by atoms with Gasteiger partial charge in [0.1, 0.15) is 6.61 Å². The average Bonchev–Trinajstić information content (AvgIpc) is 3.07. The van der Waals surface area contributed by atoms with Crippen LogP contribution < -0.4 is 9.47 Å². The lowest BCUT2D eigenvalue weighted by Crippen LogP contribution is -2.27. The van der Waals surface area contributed by atoms with Gasteiger partial charge in [0.15, 0.2) is 11.5 Å². The number of benzene rings is 3. The molecule has 1 saturated heterocycles. The van der Waals surface area contributed by atoms with Crippen molar-refractivity contribution in [3.8, 4) is 11.5 Å². The van der Waals surface area contributed by atoms with Crippen LogP contribution in [0.15, 0.2) is 77.7 Å². The molecule has 32 heavy (non-hydrogen) atoms. The van der Waals surface area contributed by atoms with Crippen molar-refractivity contribution < 1.29 is 19.1 Å². The standard InChI is InChI=1S/C25H20ClNO4S/c1-30-22-13-18(11-12-21(22)31-16-19-9-5-6-10-20(19)26)14-23-24(28)27(25(29)32-23)15-17-7-3-2-4-8-17/h2-14H,15-16H2,1H3/b23-14-. The minimum atomic E-state index is -0.304. The second kappa shape index (κ2) is 9.94. The number of hydrogen-bond acceptors (Lipinski definition) is 5. The van der Waals surface area contributed by atoms with Gasteiger partial charge in [-0.15, -0.1) is 0 Å². The van der Waals surface area contributed by atoms with E-state index in [-0.39, 0.29) is 17.7 Å². The van der Waals surface area contributed by atoms with Gasteiger partial charge in [0.05, 0.1) is 18.6 Å².